The van der Waals surface area contributed by atoms with E-state index in [1.54, 1.807) is 5.57 Å². The Balaban J connectivity index is 1.09. The van der Waals surface area contributed by atoms with Gasteiger partial charge in [0.2, 0.25) is 0 Å². The van der Waals surface area contributed by atoms with Crippen LogP contribution < -0.4 is 0 Å². The van der Waals surface area contributed by atoms with Gasteiger partial charge in [0.05, 0.1) is 24.9 Å². The average molecular weight is 737 g/mol. The van der Waals surface area contributed by atoms with E-state index >= 15 is 0 Å². The molecular formula is C48H80O5. The standard InChI is InChI=1S/C48H80O5/c1-15-36-30(4)29(3)31(5)42(51-36)53-40-28(2)27-50-41(32(40)6)52-39-19-20-45(12)37(44(39,10)11)18-21-47(14)38(45)17-16-34-35-26-43(8,9)22-24-48(35,33(7)49)25-23-46(34,47)13/h16,28-32,35-42H,15,17-27H2,1-14H3/t28-,29+,30-,31?,32?,35?,36?,37?,38?,39+,40+,41+,42+,45+,46-,47-,48-/m1/s1. The lowest BCUT2D eigenvalue weighted by atomic mass is 9.33. The van der Waals surface area contributed by atoms with E-state index in [1.807, 2.05) is 6.92 Å². The van der Waals surface area contributed by atoms with Crippen molar-refractivity contribution in [1.82, 2.24) is 0 Å². The molecule has 0 aromatic carbocycles. The lowest BCUT2D eigenvalue weighted by molar-refractivity contribution is -0.324. The number of allylic oxidation sites excluding steroid dienone is 2. The summed E-state index contributed by atoms with van der Waals surface area (Å²) >= 11 is 0. The van der Waals surface area contributed by atoms with Crippen LogP contribution in [0.3, 0.4) is 0 Å². The summed E-state index contributed by atoms with van der Waals surface area (Å²) in [6, 6.07) is 0. The van der Waals surface area contributed by atoms with Crippen molar-refractivity contribution in [2.75, 3.05) is 6.61 Å². The molecule has 0 bridgehead atoms. The molecule has 0 aromatic rings. The van der Waals surface area contributed by atoms with E-state index < -0.39 is 0 Å². The van der Waals surface area contributed by atoms with E-state index in [9.17, 15) is 4.79 Å². The summed E-state index contributed by atoms with van der Waals surface area (Å²) in [5.74, 6) is 3.98. The predicted octanol–water partition coefficient (Wildman–Crippen LogP) is 11.8. The third kappa shape index (κ3) is 6.06. The Labute approximate surface area is 325 Å². The average Bonchev–Trinajstić information content (AvgIpc) is 3.08. The predicted molar refractivity (Wildman–Crippen MR) is 214 cm³/mol. The smallest absolute Gasteiger partial charge is 0.162 e. The number of carbonyl (C=O) groups is 1. The first-order valence-electron chi connectivity index (χ1n) is 22.5. The van der Waals surface area contributed by atoms with Crippen molar-refractivity contribution in [3.8, 4) is 0 Å². The van der Waals surface area contributed by atoms with E-state index in [0.717, 1.165) is 32.1 Å². The molecule has 5 heteroatoms. The zero-order valence-corrected chi connectivity index (χ0v) is 36.6. The number of rotatable bonds is 6. The highest BCUT2D eigenvalue weighted by atomic mass is 16.7. The number of fused-ring (bicyclic) bond motifs is 7. The number of ketones is 1. The zero-order chi connectivity index (χ0) is 38.7. The van der Waals surface area contributed by atoms with E-state index in [4.69, 9.17) is 18.9 Å². The maximum Gasteiger partial charge on any atom is 0.162 e. The quantitative estimate of drug-likeness (QED) is 0.201. The Bertz CT molecular complexity index is 1410. The molecule has 0 aromatic heterocycles. The van der Waals surface area contributed by atoms with Gasteiger partial charge in [0.1, 0.15) is 5.78 Å². The normalized spacial score (nSPS) is 53.3. The maximum absolute atomic E-state index is 13.5. The van der Waals surface area contributed by atoms with Gasteiger partial charge < -0.3 is 18.9 Å². The summed E-state index contributed by atoms with van der Waals surface area (Å²) < 4.78 is 27.4. The summed E-state index contributed by atoms with van der Waals surface area (Å²) in [4.78, 5) is 13.5. The van der Waals surface area contributed by atoms with Gasteiger partial charge in [-0.05, 0) is 134 Å². The van der Waals surface area contributed by atoms with Crippen LogP contribution in [-0.4, -0.2) is 43.3 Å². The summed E-state index contributed by atoms with van der Waals surface area (Å²) in [7, 11) is 0. The molecule has 5 aliphatic carbocycles. The van der Waals surface area contributed by atoms with Crippen LogP contribution in [0.1, 0.15) is 168 Å². The monoisotopic (exact) mass is 737 g/mol. The number of carbonyl (C=O) groups excluding carboxylic acids is 1. The van der Waals surface area contributed by atoms with Gasteiger partial charge in [0, 0.05) is 23.2 Å². The van der Waals surface area contributed by atoms with Crippen molar-refractivity contribution in [1.29, 1.82) is 0 Å². The summed E-state index contributed by atoms with van der Waals surface area (Å²) in [6.45, 7) is 34.4. The van der Waals surface area contributed by atoms with Crippen LogP contribution in [0.2, 0.25) is 0 Å². The molecule has 0 spiro atoms. The molecule has 6 unspecified atom stereocenters. The molecule has 0 amide bonds. The van der Waals surface area contributed by atoms with E-state index in [0.29, 0.717) is 59.2 Å². The highest BCUT2D eigenvalue weighted by Gasteiger charge is 2.69. The largest absolute Gasteiger partial charge is 0.352 e. The molecular weight excluding hydrogens is 657 g/mol. The van der Waals surface area contributed by atoms with Crippen LogP contribution in [0, 0.1) is 79.8 Å². The fourth-order valence-corrected chi connectivity index (χ4v) is 15.1. The Kier molecular flexibility index (Phi) is 10.4. The Morgan fingerprint density at radius 3 is 2.17 bits per heavy atom. The number of hydrogen-bond donors (Lipinski definition) is 0. The van der Waals surface area contributed by atoms with Gasteiger partial charge in [-0.1, -0.05) is 102 Å². The van der Waals surface area contributed by atoms with Crippen molar-refractivity contribution < 1.29 is 23.7 Å². The molecule has 4 saturated carbocycles. The maximum atomic E-state index is 13.5. The lowest BCUT2D eigenvalue weighted by Gasteiger charge is -2.71. The van der Waals surface area contributed by atoms with Gasteiger partial charge in [0.15, 0.2) is 12.6 Å². The number of Topliss-reactive ketones (excluding diaryl/α,β-unsaturated/α-hetero) is 1. The Hall–Kier alpha value is -0.750. The summed E-state index contributed by atoms with van der Waals surface area (Å²) in [5, 5.41) is 0. The Morgan fingerprint density at radius 1 is 0.792 bits per heavy atom. The molecule has 17 atom stereocenters. The van der Waals surface area contributed by atoms with Crippen LogP contribution in [0.15, 0.2) is 11.6 Å². The van der Waals surface area contributed by atoms with Crippen molar-refractivity contribution in [3.63, 3.8) is 0 Å². The summed E-state index contributed by atoms with van der Waals surface area (Å²) in [5.41, 5.74) is 2.52. The van der Waals surface area contributed by atoms with E-state index in [2.05, 4.69) is 96.1 Å². The second-order valence-electron chi connectivity index (χ2n) is 22.6. The summed E-state index contributed by atoms with van der Waals surface area (Å²) in [6.07, 6.45) is 15.4. The molecule has 7 aliphatic rings. The topological polar surface area (TPSA) is 54.0 Å². The second-order valence-corrected chi connectivity index (χ2v) is 22.6. The van der Waals surface area contributed by atoms with Crippen molar-refractivity contribution >= 4 is 5.78 Å². The minimum atomic E-state index is -0.265. The SMILES string of the molecule is CCC1O[C@@H](O[C@@H]2C(C)[C@H](O[C@H]3CC[C@@]4(C)C(CC[C@]5(C)C4CC=C4C6CC(C)(C)CC[C@]6(C(C)=O)CC[C@]45C)C3(C)C)OC[C@H]2C)C(C)[C@@H](C)[C@H]1C. The number of hydrogen-bond acceptors (Lipinski definition) is 5. The third-order valence-electron chi connectivity index (χ3n) is 19.3. The van der Waals surface area contributed by atoms with E-state index in [-0.39, 0.29) is 63.9 Å². The molecule has 6 fully saturated rings. The molecule has 302 valence electrons. The van der Waals surface area contributed by atoms with Crippen LogP contribution in [-0.2, 0) is 23.7 Å². The molecule has 53 heavy (non-hydrogen) atoms. The van der Waals surface area contributed by atoms with Gasteiger partial charge in [0.25, 0.3) is 0 Å². The molecule has 5 nitrogen and oxygen atoms in total. The third-order valence-corrected chi connectivity index (χ3v) is 19.3. The van der Waals surface area contributed by atoms with Gasteiger partial charge in [-0.2, -0.15) is 0 Å². The number of ether oxygens (including phenoxy) is 4. The van der Waals surface area contributed by atoms with Gasteiger partial charge in [-0.3, -0.25) is 4.79 Å². The van der Waals surface area contributed by atoms with Crippen LogP contribution >= 0.6 is 0 Å². The van der Waals surface area contributed by atoms with Gasteiger partial charge >= 0.3 is 0 Å². The molecule has 2 heterocycles. The second kappa shape index (κ2) is 13.7. The van der Waals surface area contributed by atoms with Gasteiger partial charge in [-0.25, -0.2) is 0 Å². The Morgan fingerprint density at radius 2 is 1.49 bits per heavy atom. The van der Waals surface area contributed by atoms with Gasteiger partial charge in [-0.15, -0.1) is 0 Å². The lowest BCUT2D eigenvalue weighted by Crippen LogP contribution is -2.65. The van der Waals surface area contributed by atoms with E-state index in [1.165, 1.54) is 38.5 Å². The zero-order valence-electron chi connectivity index (χ0n) is 36.6. The van der Waals surface area contributed by atoms with Crippen molar-refractivity contribution in [3.05, 3.63) is 11.6 Å². The highest BCUT2D eigenvalue weighted by Crippen LogP contribution is 2.76. The first-order valence-corrected chi connectivity index (χ1v) is 22.5. The minimum absolute atomic E-state index is 0.0341. The minimum Gasteiger partial charge on any atom is -0.352 e. The molecule has 0 N–H and O–H groups in total. The molecule has 7 rings (SSSR count). The van der Waals surface area contributed by atoms with Crippen LogP contribution in [0.5, 0.6) is 0 Å². The first-order chi connectivity index (χ1) is 24.7. The highest BCUT2D eigenvalue weighted by molar-refractivity contribution is 5.84. The van der Waals surface area contributed by atoms with Crippen molar-refractivity contribution in [2.45, 2.75) is 198 Å². The van der Waals surface area contributed by atoms with Crippen molar-refractivity contribution in [2.24, 2.45) is 79.8 Å². The molecule has 2 aliphatic heterocycles. The van der Waals surface area contributed by atoms with Crippen LogP contribution in [0.25, 0.3) is 0 Å². The first kappa shape index (κ1) is 40.4. The fourth-order valence-electron chi connectivity index (χ4n) is 15.1. The molecule has 2 saturated heterocycles. The fraction of sp³-hybridized carbons (Fsp3) is 0.938. The molecule has 0 radical (unpaired) electrons. The van der Waals surface area contributed by atoms with Crippen LogP contribution in [0.4, 0.5) is 0 Å².